The van der Waals surface area contributed by atoms with Crippen molar-refractivity contribution >= 4 is 0 Å². The molecule has 6 heteroatoms. The third-order valence-corrected chi connectivity index (χ3v) is 3.52. The van der Waals surface area contributed by atoms with E-state index in [0.717, 1.165) is 17.0 Å². The molecule has 5 nitrogen and oxygen atoms in total. The van der Waals surface area contributed by atoms with Crippen LogP contribution >= 0.6 is 0 Å². The molecule has 1 heterocycles. The fraction of sp³-hybridized carbons (Fsp3) is 0.357. The van der Waals surface area contributed by atoms with Gasteiger partial charge in [0.05, 0.1) is 18.8 Å². The first kappa shape index (κ1) is 14.5. The topological polar surface area (TPSA) is 65.1 Å². The van der Waals surface area contributed by atoms with Gasteiger partial charge in [0.2, 0.25) is 0 Å². The third-order valence-electron chi connectivity index (χ3n) is 3.52. The average molecular weight is 278 g/mol. The summed E-state index contributed by atoms with van der Waals surface area (Å²) < 4.78 is 20.6. The molecule has 0 aliphatic carbocycles. The van der Waals surface area contributed by atoms with Crippen LogP contribution in [0.1, 0.15) is 28.6 Å². The number of halogens is 1. The number of benzene rings is 1. The van der Waals surface area contributed by atoms with E-state index in [2.05, 4.69) is 10.5 Å². The largest absolute Gasteiger partial charge is 0.496 e. The number of aryl methyl sites for hydroxylation is 2. The minimum atomic E-state index is -0.380. The Balaban J connectivity index is 2.61. The molecule has 0 bridgehead atoms. The highest BCUT2D eigenvalue weighted by Crippen LogP contribution is 2.33. The molecule has 0 saturated carbocycles. The van der Waals surface area contributed by atoms with Crippen molar-refractivity contribution in [2.75, 3.05) is 7.11 Å². The van der Waals surface area contributed by atoms with Gasteiger partial charge in [-0.1, -0.05) is 0 Å². The normalized spacial score (nSPS) is 12.5. The first-order chi connectivity index (χ1) is 9.49. The molecule has 1 aromatic heterocycles. The summed E-state index contributed by atoms with van der Waals surface area (Å²) in [6.07, 6.45) is 0. The summed E-state index contributed by atoms with van der Waals surface area (Å²) in [6.45, 7) is 3.85. The second-order valence-electron chi connectivity index (χ2n) is 4.69. The molecule has 0 amide bonds. The Kier molecular flexibility index (Phi) is 4.06. The van der Waals surface area contributed by atoms with Crippen LogP contribution in [-0.2, 0) is 7.05 Å². The Bertz CT molecular complexity index is 624. The van der Waals surface area contributed by atoms with Crippen LogP contribution in [0.25, 0.3) is 0 Å². The van der Waals surface area contributed by atoms with E-state index >= 15 is 0 Å². The highest BCUT2D eigenvalue weighted by Gasteiger charge is 2.24. The Morgan fingerprint density at radius 2 is 2.10 bits per heavy atom. The predicted molar refractivity (Wildman–Crippen MR) is 74.8 cm³/mol. The molecule has 0 aliphatic rings. The lowest BCUT2D eigenvalue weighted by Gasteiger charge is -2.20. The molecule has 2 rings (SSSR count). The minimum Gasteiger partial charge on any atom is -0.496 e. The Morgan fingerprint density at radius 1 is 1.40 bits per heavy atom. The van der Waals surface area contributed by atoms with E-state index in [1.165, 1.54) is 12.1 Å². The standard InChI is InChI=1S/C14H19FN4O/c1-8-13(9(2)19(3)18-8)14(17-16)11-7-10(15)5-6-12(11)20-4/h5-7,14,17H,16H2,1-4H3. The summed E-state index contributed by atoms with van der Waals surface area (Å²) in [4.78, 5) is 0. The van der Waals surface area contributed by atoms with Crippen molar-refractivity contribution in [3.63, 3.8) is 0 Å². The first-order valence-corrected chi connectivity index (χ1v) is 6.29. The van der Waals surface area contributed by atoms with Crippen LogP contribution in [-0.4, -0.2) is 16.9 Å². The zero-order valence-electron chi connectivity index (χ0n) is 12.1. The van der Waals surface area contributed by atoms with Crippen LogP contribution in [0, 0.1) is 19.7 Å². The fourth-order valence-electron chi connectivity index (χ4n) is 2.47. The third kappa shape index (κ3) is 2.39. The van der Waals surface area contributed by atoms with Gasteiger partial charge >= 0.3 is 0 Å². The quantitative estimate of drug-likeness (QED) is 0.660. The zero-order chi connectivity index (χ0) is 14.9. The number of nitrogens with two attached hydrogens (primary N) is 1. The molecule has 0 fully saturated rings. The summed E-state index contributed by atoms with van der Waals surface area (Å²) in [6, 6.07) is 4.00. The fourth-order valence-corrected chi connectivity index (χ4v) is 2.47. The number of ether oxygens (including phenoxy) is 1. The number of nitrogens with zero attached hydrogens (tertiary/aromatic N) is 2. The van der Waals surface area contributed by atoms with Gasteiger partial charge in [0, 0.05) is 23.9 Å². The van der Waals surface area contributed by atoms with E-state index in [0.29, 0.717) is 11.3 Å². The summed E-state index contributed by atoms with van der Waals surface area (Å²) in [5.41, 5.74) is 6.12. The second-order valence-corrected chi connectivity index (χ2v) is 4.69. The lowest BCUT2D eigenvalue weighted by atomic mass is 9.96. The number of rotatable bonds is 4. The highest BCUT2D eigenvalue weighted by molar-refractivity contribution is 5.44. The summed E-state index contributed by atoms with van der Waals surface area (Å²) >= 11 is 0. The lowest BCUT2D eigenvalue weighted by Crippen LogP contribution is -2.30. The molecule has 2 aromatic rings. The molecule has 20 heavy (non-hydrogen) atoms. The van der Waals surface area contributed by atoms with E-state index in [-0.39, 0.29) is 11.9 Å². The van der Waals surface area contributed by atoms with Gasteiger partial charge in [-0.2, -0.15) is 5.10 Å². The van der Waals surface area contributed by atoms with Crippen molar-refractivity contribution in [3.8, 4) is 5.75 Å². The SMILES string of the molecule is COc1ccc(F)cc1C(NN)c1c(C)nn(C)c1C. The lowest BCUT2D eigenvalue weighted by molar-refractivity contribution is 0.402. The number of hydrogen-bond acceptors (Lipinski definition) is 4. The molecule has 0 saturated heterocycles. The van der Waals surface area contributed by atoms with Crippen LogP contribution in [0.4, 0.5) is 4.39 Å². The van der Waals surface area contributed by atoms with Crippen LogP contribution < -0.4 is 16.0 Å². The van der Waals surface area contributed by atoms with Crippen LogP contribution in [0.2, 0.25) is 0 Å². The first-order valence-electron chi connectivity index (χ1n) is 6.29. The van der Waals surface area contributed by atoms with Crippen molar-refractivity contribution in [3.05, 3.63) is 46.5 Å². The molecule has 108 valence electrons. The molecule has 1 atom stereocenters. The molecule has 0 radical (unpaired) electrons. The van der Waals surface area contributed by atoms with E-state index in [1.54, 1.807) is 17.9 Å². The van der Waals surface area contributed by atoms with Gasteiger partial charge in [-0.25, -0.2) is 9.82 Å². The average Bonchev–Trinajstić information content (AvgIpc) is 2.67. The van der Waals surface area contributed by atoms with Gasteiger partial charge in [-0.05, 0) is 32.0 Å². The molecule has 1 unspecified atom stereocenters. The molecule has 0 spiro atoms. The van der Waals surface area contributed by atoms with Crippen molar-refractivity contribution < 1.29 is 9.13 Å². The van der Waals surface area contributed by atoms with Gasteiger partial charge in [0.1, 0.15) is 11.6 Å². The number of aromatic nitrogens is 2. The number of hydrogen-bond donors (Lipinski definition) is 2. The Hall–Kier alpha value is -1.92. The predicted octanol–water partition coefficient (Wildman–Crippen LogP) is 1.74. The van der Waals surface area contributed by atoms with Gasteiger partial charge in [0.25, 0.3) is 0 Å². The highest BCUT2D eigenvalue weighted by atomic mass is 19.1. The van der Waals surface area contributed by atoms with Crippen molar-refractivity contribution in [1.29, 1.82) is 0 Å². The van der Waals surface area contributed by atoms with E-state index in [9.17, 15) is 4.39 Å². The number of methoxy groups -OCH3 is 1. The van der Waals surface area contributed by atoms with E-state index < -0.39 is 0 Å². The van der Waals surface area contributed by atoms with Crippen molar-refractivity contribution in [2.24, 2.45) is 12.9 Å². The molecular weight excluding hydrogens is 259 g/mol. The summed E-state index contributed by atoms with van der Waals surface area (Å²) in [5.74, 6) is 5.94. The smallest absolute Gasteiger partial charge is 0.124 e. The summed E-state index contributed by atoms with van der Waals surface area (Å²) in [5, 5.41) is 4.37. The van der Waals surface area contributed by atoms with Gasteiger partial charge < -0.3 is 4.74 Å². The number of nitrogens with one attached hydrogen (secondary N) is 1. The zero-order valence-corrected chi connectivity index (χ0v) is 12.1. The van der Waals surface area contributed by atoms with Gasteiger partial charge in [0.15, 0.2) is 0 Å². The maximum Gasteiger partial charge on any atom is 0.124 e. The van der Waals surface area contributed by atoms with Crippen LogP contribution in [0.3, 0.4) is 0 Å². The maximum atomic E-state index is 13.6. The monoisotopic (exact) mass is 278 g/mol. The van der Waals surface area contributed by atoms with E-state index in [1.807, 2.05) is 20.9 Å². The summed E-state index contributed by atoms with van der Waals surface area (Å²) in [7, 11) is 3.41. The maximum absolute atomic E-state index is 13.6. The van der Waals surface area contributed by atoms with Crippen molar-refractivity contribution in [1.82, 2.24) is 15.2 Å². The molecule has 3 N–H and O–H groups in total. The van der Waals surface area contributed by atoms with E-state index in [4.69, 9.17) is 10.6 Å². The molecule has 1 aromatic carbocycles. The van der Waals surface area contributed by atoms with Crippen LogP contribution in [0.5, 0.6) is 5.75 Å². The Morgan fingerprint density at radius 3 is 2.60 bits per heavy atom. The van der Waals surface area contributed by atoms with Gasteiger partial charge in [-0.15, -0.1) is 0 Å². The van der Waals surface area contributed by atoms with Crippen LogP contribution in [0.15, 0.2) is 18.2 Å². The number of hydrazine groups is 1. The second kappa shape index (κ2) is 5.60. The van der Waals surface area contributed by atoms with Crippen molar-refractivity contribution in [2.45, 2.75) is 19.9 Å². The molecule has 0 aliphatic heterocycles. The van der Waals surface area contributed by atoms with Gasteiger partial charge in [-0.3, -0.25) is 10.5 Å². The minimum absolute atomic E-state index is 0.333. The Labute approximate surface area is 117 Å². The molecular formula is C14H19FN4O.